The number of anilines is 1. The van der Waals surface area contributed by atoms with Crippen molar-refractivity contribution in [1.29, 1.82) is 5.26 Å². The van der Waals surface area contributed by atoms with E-state index in [1.54, 1.807) is 0 Å². The number of rotatable bonds is 3. The Hall–Kier alpha value is -1.56. The number of fused-ring (bicyclic) bond motifs is 1. The molecule has 1 N–H and O–H groups in total. The summed E-state index contributed by atoms with van der Waals surface area (Å²) in [6, 6.07) is 4.32. The molecule has 0 amide bonds. The average Bonchev–Trinajstić information content (AvgIpc) is 3.03. The van der Waals surface area contributed by atoms with Gasteiger partial charge in [0, 0.05) is 12.2 Å². The highest BCUT2D eigenvalue weighted by molar-refractivity contribution is 5.55. The highest BCUT2D eigenvalue weighted by atomic mass is 15.0. The molecule has 1 fully saturated rings. The van der Waals surface area contributed by atoms with Crippen molar-refractivity contribution in [3.8, 4) is 6.07 Å². The highest BCUT2D eigenvalue weighted by Gasteiger charge is 2.24. The van der Waals surface area contributed by atoms with Crippen LogP contribution in [0, 0.1) is 23.2 Å². The predicted octanol–water partition coefficient (Wildman–Crippen LogP) is 3.29. The number of hydrogen-bond acceptors (Lipinski definition) is 3. The first-order valence-corrected chi connectivity index (χ1v) is 7.44. The fraction of sp³-hybridized carbons (Fsp3) is 0.625. The monoisotopic (exact) mass is 255 g/mol. The van der Waals surface area contributed by atoms with E-state index in [4.69, 9.17) is 0 Å². The van der Waals surface area contributed by atoms with Crippen LogP contribution in [-0.2, 0) is 12.8 Å². The summed E-state index contributed by atoms with van der Waals surface area (Å²) in [7, 11) is 0. The molecule has 2 atom stereocenters. The van der Waals surface area contributed by atoms with Crippen molar-refractivity contribution < 1.29 is 0 Å². The minimum Gasteiger partial charge on any atom is -0.369 e. The molecule has 3 heteroatoms. The van der Waals surface area contributed by atoms with Crippen LogP contribution < -0.4 is 5.32 Å². The van der Waals surface area contributed by atoms with Crippen LogP contribution in [0.1, 0.15) is 49.4 Å². The lowest BCUT2D eigenvalue weighted by Gasteiger charge is -2.17. The van der Waals surface area contributed by atoms with Gasteiger partial charge in [-0.25, -0.2) is 4.98 Å². The van der Waals surface area contributed by atoms with Crippen molar-refractivity contribution in [3.05, 3.63) is 22.9 Å². The van der Waals surface area contributed by atoms with Gasteiger partial charge in [-0.05, 0) is 49.1 Å². The first-order chi connectivity index (χ1) is 9.28. The molecule has 0 aromatic carbocycles. The normalized spacial score (nSPS) is 25.1. The Morgan fingerprint density at radius 1 is 1.37 bits per heavy atom. The zero-order valence-corrected chi connectivity index (χ0v) is 11.6. The number of aryl methyl sites for hydroxylation is 2. The second-order valence-corrected chi connectivity index (χ2v) is 6.00. The van der Waals surface area contributed by atoms with Gasteiger partial charge in [-0.2, -0.15) is 5.26 Å². The molecule has 1 heterocycles. The van der Waals surface area contributed by atoms with Crippen LogP contribution >= 0.6 is 0 Å². The highest BCUT2D eigenvalue weighted by Crippen LogP contribution is 2.32. The zero-order valence-electron chi connectivity index (χ0n) is 11.6. The summed E-state index contributed by atoms with van der Waals surface area (Å²) in [4.78, 5) is 4.68. The number of nitriles is 1. The lowest BCUT2D eigenvalue weighted by molar-refractivity contribution is 0.439. The maximum absolute atomic E-state index is 9.26. The van der Waals surface area contributed by atoms with Crippen LogP contribution in [0.15, 0.2) is 6.07 Å². The van der Waals surface area contributed by atoms with Crippen molar-refractivity contribution >= 4 is 5.82 Å². The standard InChI is InChI=1S/C16H21N3/c1-11-4-2-6-13(11)10-18-16-14(9-17)8-12-5-3-7-15(12)19-16/h8,11,13H,2-7,10H2,1H3,(H,18,19). The molecule has 100 valence electrons. The van der Waals surface area contributed by atoms with Gasteiger partial charge in [0.25, 0.3) is 0 Å². The second kappa shape index (κ2) is 5.21. The number of aromatic nitrogens is 1. The van der Waals surface area contributed by atoms with E-state index in [-0.39, 0.29) is 0 Å². The van der Waals surface area contributed by atoms with Gasteiger partial charge >= 0.3 is 0 Å². The summed E-state index contributed by atoms with van der Waals surface area (Å²) >= 11 is 0. The van der Waals surface area contributed by atoms with Gasteiger partial charge in [-0.1, -0.05) is 19.8 Å². The van der Waals surface area contributed by atoms with Crippen LogP contribution in [0.25, 0.3) is 0 Å². The van der Waals surface area contributed by atoms with E-state index >= 15 is 0 Å². The molecule has 0 radical (unpaired) electrons. The van der Waals surface area contributed by atoms with Gasteiger partial charge in [0.1, 0.15) is 11.9 Å². The Kier molecular flexibility index (Phi) is 3.42. The molecular formula is C16H21N3. The van der Waals surface area contributed by atoms with Gasteiger partial charge in [0.05, 0.1) is 5.56 Å². The van der Waals surface area contributed by atoms with Crippen molar-refractivity contribution in [2.75, 3.05) is 11.9 Å². The number of nitrogens with zero attached hydrogens (tertiary/aromatic N) is 2. The molecule has 2 aliphatic rings. The zero-order chi connectivity index (χ0) is 13.2. The van der Waals surface area contributed by atoms with E-state index in [0.717, 1.165) is 37.0 Å². The van der Waals surface area contributed by atoms with Gasteiger partial charge in [0.2, 0.25) is 0 Å². The first-order valence-electron chi connectivity index (χ1n) is 7.44. The maximum atomic E-state index is 9.26. The van der Waals surface area contributed by atoms with Crippen LogP contribution in [0.2, 0.25) is 0 Å². The molecule has 0 aliphatic heterocycles. The third kappa shape index (κ3) is 2.45. The van der Waals surface area contributed by atoms with Crippen molar-refractivity contribution in [2.24, 2.45) is 11.8 Å². The molecule has 1 aromatic rings. The van der Waals surface area contributed by atoms with E-state index in [1.165, 1.54) is 36.9 Å². The van der Waals surface area contributed by atoms with Gasteiger partial charge in [-0.15, -0.1) is 0 Å². The molecule has 0 spiro atoms. The van der Waals surface area contributed by atoms with Gasteiger partial charge < -0.3 is 5.32 Å². The SMILES string of the molecule is CC1CCCC1CNc1nc2c(cc1C#N)CCC2. The fourth-order valence-corrected chi connectivity index (χ4v) is 3.45. The quantitative estimate of drug-likeness (QED) is 0.901. The van der Waals surface area contributed by atoms with Crippen LogP contribution in [0.4, 0.5) is 5.82 Å². The van der Waals surface area contributed by atoms with E-state index < -0.39 is 0 Å². The third-order valence-electron chi connectivity index (χ3n) is 4.74. The topological polar surface area (TPSA) is 48.7 Å². The van der Waals surface area contributed by atoms with E-state index in [0.29, 0.717) is 5.56 Å². The smallest absolute Gasteiger partial charge is 0.144 e. The minimum atomic E-state index is 0.714. The van der Waals surface area contributed by atoms with Crippen LogP contribution in [-0.4, -0.2) is 11.5 Å². The van der Waals surface area contributed by atoms with Gasteiger partial charge in [0.15, 0.2) is 0 Å². The number of pyridine rings is 1. The molecule has 19 heavy (non-hydrogen) atoms. The lowest BCUT2D eigenvalue weighted by Crippen LogP contribution is -2.18. The van der Waals surface area contributed by atoms with Crippen molar-refractivity contribution in [2.45, 2.75) is 45.4 Å². The minimum absolute atomic E-state index is 0.714. The van der Waals surface area contributed by atoms with Crippen molar-refractivity contribution in [1.82, 2.24) is 4.98 Å². The lowest BCUT2D eigenvalue weighted by atomic mass is 9.98. The Labute approximate surface area is 115 Å². The summed E-state index contributed by atoms with van der Waals surface area (Å²) in [5.41, 5.74) is 3.18. The predicted molar refractivity (Wildman–Crippen MR) is 76.0 cm³/mol. The first kappa shape index (κ1) is 12.5. The largest absolute Gasteiger partial charge is 0.369 e. The van der Waals surface area contributed by atoms with Crippen LogP contribution in [0.5, 0.6) is 0 Å². The Bertz CT molecular complexity index is 515. The molecule has 2 aliphatic carbocycles. The van der Waals surface area contributed by atoms with Gasteiger partial charge in [-0.3, -0.25) is 0 Å². The molecular weight excluding hydrogens is 234 g/mol. The van der Waals surface area contributed by atoms with E-state index in [9.17, 15) is 5.26 Å². The summed E-state index contributed by atoms with van der Waals surface area (Å²) in [5, 5.41) is 12.7. The van der Waals surface area contributed by atoms with Crippen LogP contribution in [0.3, 0.4) is 0 Å². The van der Waals surface area contributed by atoms with E-state index in [2.05, 4.69) is 23.3 Å². The molecule has 3 nitrogen and oxygen atoms in total. The molecule has 1 aromatic heterocycles. The second-order valence-electron chi connectivity index (χ2n) is 6.00. The van der Waals surface area contributed by atoms with E-state index in [1.807, 2.05) is 6.07 Å². The Morgan fingerprint density at radius 2 is 2.26 bits per heavy atom. The maximum Gasteiger partial charge on any atom is 0.144 e. The van der Waals surface area contributed by atoms with Crippen molar-refractivity contribution in [3.63, 3.8) is 0 Å². The average molecular weight is 255 g/mol. The Morgan fingerprint density at radius 3 is 3.00 bits per heavy atom. The summed E-state index contributed by atoms with van der Waals surface area (Å²) < 4.78 is 0. The summed E-state index contributed by atoms with van der Waals surface area (Å²) in [6.45, 7) is 3.29. The molecule has 1 saturated carbocycles. The number of hydrogen-bond donors (Lipinski definition) is 1. The number of nitrogens with one attached hydrogen (secondary N) is 1. The summed E-state index contributed by atoms with van der Waals surface area (Å²) in [6.07, 6.45) is 7.31. The Balaban J connectivity index is 1.75. The molecule has 0 bridgehead atoms. The molecule has 3 rings (SSSR count). The summed E-state index contributed by atoms with van der Waals surface area (Å²) in [5.74, 6) is 2.34. The fourth-order valence-electron chi connectivity index (χ4n) is 3.45. The third-order valence-corrected chi connectivity index (χ3v) is 4.74. The molecule has 0 saturated heterocycles. The molecule has 2 unspecified atom stereocenters.